The van der Waals surface area contributed by atoms with Gasteiger partial charge in [0.2, 0.25) is 0 Å². The molecule has 1 aromatic rings. The van der Waals surface area contributed by atoms with Crippen LogP contribution in [-0.4, -0.2) is 19.8 Å². The maximum atomic E-state index is 6.04. The fourth-order valence-electron chi connectivity index (χ4n) is 2.26. The van der Waals surface area contributed by atoms with E-state index < -0.39 is 0 Å². The van der Waals surface area contributed by atoms with E-state index in [-0.39, 0.29) is 6.04 Å². The fraction of sp³-hybridized carbons (Fsp3) is 0.538. The molecule has 0 aliphatic carbocycles. The largest absolute Gasteiger partial charge is 0.497 e. The molecule has 2 unspecified atom stereocenters. The van der Waals surface area contributed by atoms with Crippen molar-refractivity contribution in [1.29, 1.82) is 0 Å². The quantitative estimate of drug-likeness (QED) is 0.833. The highest BCUT2D eigenvalue weighted by atomic mass is 16.5. The molecular weight excluding hydrogens is 202 g/mol. The minimum absolute atomic E-state index is 0.161. The molecule has 88 valence electrons. The van der Waals surface area contributed by atoms with Crippen LogP contribution in [0.5, 0.6) is 11.5 Å². The number of hydrogen-bond acceptors (Lipinski definition) is 3. The molecule has 0 fully saturated rings. The predicted molar refractivity (Wildman–Crippen MR) is 64.1 cm³/mol. The Morgan fingerprint density at radius 3 is 3.00 bits per heavy atom. The third kappa shape index (κ3) is 2.14. The number of nitrogens with two attached hydrogens (primary N) is 1. The monoisotopic (exact) mass is 221 g/mol. The molecule has 2 atom stereocenters. The van der Waals surface area contributed by atoms with Gasteiger partial charge in [0.25, 0.3) is 0 Å². The summed E-state index contributed by atoms with van der Waals surface area (Å²) in [5, 5.41) is 0. The molecule has 0 saturated heterocycles. The van der Waals surface area contributed by atoms with Crippen LogP contribution >= 0.6 is 0 Å². The van der Waals surface area contributed by atoms with Crippen LogP contribution in [0, 0.1) is 0 Å². The van der Waals surface area contributed by atoms with Crippen LogP contribution in [0.15, 0.2) is 18.2 Å². The average molecular weight is 221 g/mol. The van der Waals surface area contributed by atoms with Crippen molar-refractivity contribution in [1.82, 2.24) is 0 Å². The summed E-state index contributed by atoms with van der Waals surface area (Å²) in [5.74, 6) is 2.16. The number of hydrogen-bond donors (Lipinski definition) is 1. The maximum Gasteiger partial charge on any atom is 0.126 e. The van der Waals surface area contributed by atoms with Crippen molar-refractivity contribution in [3.8, 4) is 11.5 Å². The van der Waals surface area contributed by atoms with E-state index in [9.17, 15) is 0 Å². The Bertz CT molecular complexity index is 363. The molecule has 2 N–H and O–H groups in total. The van der Waals surface area contributed by atoms with Gasteiger partial charge >= 0.3 is 0 Å². The van der Waals surface area contributed by atoms with Crippen molar-refractivity contribution < 1.29 is 9.47 Å². The van der Waals surface area contributed by atoms with E-state index in [1.54, 1.807) is 7.11 Å². The number of rotatable bonds is 2. The van der Waals surface area contributed by atoms with Crippen molar-refractivity contribution in [2.45, 2.75) is 31.7 Å². The first-order valence-corrected chi connectivity index (χ1v) is 5.78. The average Bonchev–Trinajstić information content (AvgIpc) is 2.49. The summed E-state index contributed by atoms with van der Waals surface area (Å²) in [4.78, 5) is 0. The molecule has 2 rings (SSSR count). The first kappa shape index (κ1) is 11.3. The standard InChI is InChI=1S/C13H19NO2/c1-9(14)11-4-3-7-16-13-8-10(15-2)5-6-12(11)13/h5-6,8-9,11H,3-4,7,14H2,1-2H3. The zero-order valence-corrected chi connectivity index (χ0v) is 9.90. The van der Waals surface area contributed by atoms with Gasteiger partial charge in [-0.2, -0.15) is 0 Å². The van der Waals surface area contributed by atoms with E-state index in [1.807, 2.05) is 12.1 Å². The zero-order valence-electron chi connectivity index (χ0n) is 9.90. The Balaban J connectivity index is 2.38. The lowest BCUT2D eigenvalue weighted by molar-refractivity contribution is 0.313. The van der Waals surface area contributed by atoms with Crippen LogP contribution < -0.4 is 15.2 Å². The van der Waals surface area contributed by atoms with Gasteiger partial charge in [-0.1, -0.05) is 6.07 Å². The smallest absolute Gasteiger partial charge is 0.126 e. The van der Waals surface area contributed by atoms with Crippen molar-refractivity contribution in [3.63, 3.8) is 0 Å². The van der Waals surface area contributed by atoms with Gasteiger partial charge in [0, 0.05) is 18.0 Å². The summed E-state index contributed by atoms with van der Waals surface area (Å²) in [7, 11) is 1.67. The van der Waals surface area contributed by atoms with Gasteiger partial charge in [0.05, 0.1) is 13.7 Å². The zero-order chi connectivity index (χ0) is 11.5. The minimum Gasteiger partial charge on any atom is -0.497 e. The van der Waals surface area contributed by atoms with E-state index in [1.165, 1.54) is 5.56 Å². The minimum atomic E-state index is 0.161. The van der Waals surface area contributed by atoms with Crippen LogP contribution in [-0.2, 0) is 0 Å². The van der Waals surface area contributed by atoms with E-state index >= 15 is 0 Å². The van der Waals surface area contributed by atoms with Crippen LogP contribution in [0.1, 0.15) is 31.2 Å². The molecular formula is C13H19NO2. The van der Waals surface area contributed by atoms with E-state index in [2.05, 4.69) is 13.0 Å². The number of methoxy groups -OCH3 is 1. The predicted octanol–water partition coefficient (Wildman–Crippen LogP) is 2.30. The molecule has 0 bridgehead atoms. The fourth-order valence-corrected chi connectivity index (χ4v) is 2.26. The molecule has 1 heterocycles. The number of ether oxygens (including phenoxy) is 2. The van der Waals surface area contributed by atoms with Gasteiger partial charge in [-0.05, 0) is 31.4 Å². The molecule has 1 aromatic carbocycles. The Kier molecular flexibility index (Phi) is 3.34. The van der Waals surface area contributed by atoms with Gasteiger partial charge in [-0.15, -0.1) is 0 Å². The Morgan fingerprint density at radius 1 is 1.50 bits per heavy atom. The highest BCUT2D eigenvalue weighted by molar-refractivity contribution is 5.43. The summed E-state index contributed by atoms with van der Waals surface area (Å²) in [6, 6.07) is 6.17. The van der Waals surface area contributed by atoms with E-state index in [0.717, 1.165) is 30.9 Å². The van der Waals surface area contributed by atoms with Gasteiger partial charge in [0.15, 0.2) is 0 Å². The third-order valence-electron chi connectivity index (χ3n) is 3.17. The van der Waals surface area contributed by atoms with Gasteiger partial charge < -0.3 is 15.2 Å². The summed E-state index contributed by atoms with van der Waals surface area (Å²) in [5.41, 5.74) is 7.25. The molecule has 0 spiro atoms. The van der Waals surface area contributed by atoms with E-state index in [4.69, 9.17) is 15.2 Å². The summed E-state index contributed by atoms with van der Waals surface area (Å²) in [6.45, 7) is 2.83. The molecule has 0 radical (unpaired) electrons. The first-order chi connectivity index (χ1) is 7.72. The van der Waals surface area contributed by atoms with Crippen LogP contribution in [0.3, 0.4) is 0 Å². The normalized spacial score (nSPS) is 21.6. The van der Waals surface area contributed by atoms with E-state index in [0.29, 0.717) is 5.92 Å². The highest BCUT2D eigenvalue weighted by Crippen LogP contribution is 2.36. The lowest BCUT2D eigenvalue weighted by Gasteiger charge is -2.20. The van der Waals surface area contributed by atoms with Crippen LogP contribution in [0.2, 0.25) is 0 Å². The Morgan fingerprint density at radius 2 is 2.31 bits per heavy atom. The first-order valence-electron chi connectivity index (χ1n) is 5.78. The lowest BCUT2D eigenvalue weighted by Crippen LogP contribution is -2.24. The molecule has 0 amide bonds. The van der Waals surface area contributed by atoms with Gasteiger partial charge in [-0.25, -0.2) is 0 Å². The molecule has 0 saturated carbocycles. The molecule has 0 aromatic heterocycles. The van der Waals surface area contributed by atoms with Crippen molar-refractivity contribution >= 4 is 0 Å². The molecule has 1 aliphatic rings. The summed E-state index contributed by atoms with van der Waals surface area (Å²) < 4.78 is 10.9. The Labute approximate surface area is 96.5 Å². The van der Waals surface area contributed by atoms with Crippen LogP contribution in [0.25, 0.3) is 0 Å². The second-order valence-electron chi connectivity index (χ2n) is 4.36. The van der Waals surface area contributed by atoms with Gasteiger partial charge in [-0.3, -0.25) is 0 Å². The van der Waals surface area contributed by atoms with Crippen molar-refractivity contribution in [3.05, 3.63) is 23.8 Å². The maximum absolute atomic E-state index is 6.04. The summed E-state index contributed by atoms with van der Waals surface area (Å²) >= 11 is 0. The van der Waals surface area contributed by atoms with Crippen LogP contribution in [0.4, 0.5) is 0 Å². The number of fused-ring (bicyclic) bond motifs is 1. The summed E-state index contributed by atoms with van der Waals surface area (Å²) in [6.07, 6.45) is 2.15. The second kappa shape index (κ2) is 4.74. The lowest BCUT2D eigenvalue weighted by atomic mass is 9.89. The van der Waals surface area contributed by atoms with Gasteiger partial charge in [0.1, 0.15) is 11.5 Å². The van der Waals surface area contributed by atoms with Crippen molar-refractivity contribution in [2.24, 2.45) is 5.73 Å². The topological polar surface area (TPSA) is 44.5 Å². The molecule has 16 heavy (non-hydrogen) atoms. The molecule has 3 nitrogen and oxygen atoms in total. The molecule has 1 aliphatic heterocycles. The number of benzene rings is 1. The molecule has 3 heteroatoms. The Hall–Kier alpha value is -1.22. The SMILES string of the molecule is COc1ccc2c(c1)OCCCC2C(C)N. The highest BCUT2D eigenvalue weighted by Gasteiger charge is 2.23. The third-order valence-corrected chi connectivity index (χ3v) is 3.17. The second-order valence-corrected chi connectivity index (χ2v) is 4.36. The van der Waals surface area contributed by atoms with Crippen molar-refractivity contribution in [2.75, 3.05) is 13.7 Å².